The van der Waals surface area contributed by atoms with Crippen molar-refractivity contribution in [2.24, 2.45) is 0 Å². The molecule has 1 rings (SSSR count). The van der Waals surface area contributed by atoms with E-state index in [2.05, 4.69) is 19.9 Å². The average Bonchev–Trinajstić information content (AvgIpc) is 2.85. The van der Waals surface area contributed by atoms with Gasteiger partial charge in [0.15, 0.2) is 0 Å². The minimum absolute atomic E-state index is 0. The minimum atomic E-state index is -4.81. The van der Waals surface area contributed by atoms with Crippen LogP contribution < -0.4 is 51.4 Å². The molecule has 202 valence electrons. The Kier molecular flexibility index (Phi) is 21.6. The molecule has 0 atom stereocenters. The largest absolute Gasteiger partial charge is 1.00 e. The molecule has 0 aliphatic rings. The number of hydrogen-bond donors (Lipinski definition) is 0. The molecule has 0 spiro atoms. The molecule has 0 saturated carbocycles. The molecular formula is C28H41KO7S. The predicted octanol–water partition coefficient (Wildman–Crippen LogP) is 3.74. The Balaban J connectivity index is 0.0000130. The van der Waals surface area contributed by atoms with Crippen molar-refractivity contribution in [3.63, 3.8) is 0 Å². The van der Waals surface area contributed by atoms with Crippen molar-refractivity contribution in [1.82, 2.24) is 0 Å². The van der Waals surface area contributed by atoms with Gasteiger partial charge in [-0.3, -0.25) is 0 Å². The fourth-order valence-electron chi connectivity index (χ4n) is 3.47. The molecule has 0 bridgehead atoms. The van der Waals surface area contributed by atoms with Gasteiger partial charge in [-0.25, -0.2) is 18.0 Å². The number of hydrogen-bond acceptors (Lipinski definition) is 7. The third kappa shape index (κ3) is 16.7. The molecule has 0 fully saturated rings. The fraction of sp³-hybridized carbons (Fsp3) is 0.571. The van der Waals surface area contributed by atoms with Gasteiger partial charge in [-0.15, -0.1) is 0 Å². The number of carbonyl (C=O) groups is 2. The number of allylic oxidation sites excluding steroid dienone is 2. The van der Waals surface area contributed by atoms with Crippen molar-refractivity contribution in [3.05, 3.63) is 53.6 Å². The van der Waals surface area contributed by atoms with Crippen LogP contribution in [0.2, 0.25) is 0 Å². The van der Waals surface area contributed by atoms with Crippen LogP contribution in [-0.4, -0.2) is 38.1 Å². The zero-order valence-corrected chi connectivity index (χ0v) is 26.6. The number of unbranched alkanes of at least 4 members (excludes halogenated alkanes) is 8. The summed E-state index contributed by atoms with van der Waals surface area (Å²) in [6.45, 7) is 4.50. The molecular weight excluding hydrogens is 519 g/mol. The maximum absolute atomic E-state index is 12.6. The molecule has 0 saturated heterocycles. The zero-order valence-electron chi connectivity index (χ0n) is 22.7. The Morgan fingerprint density at radius 2 is 1.19 bits per heavy atom. The predicted molar refractivity (Wildman–Crippen MR) is 140 cm³/mol. The fourth-order valence-corrected chi connectivity index (χ4v) is 3.97. The Morgan fingerprint density at radius 3 is 1.65 bits per heavy atom. The van der Waals surface area contributed by atoms with E-state index in [1.807, 2.05) is 18.2 Å². The van der Waals surface area contributed by atoms with Crippen LogP contribution >= 0.6 is 0 Å². The molecule has 37 heavy (non-hydrogen) atoms. The van der Waals surface area contributed by atoms with E-state index in [0.29, 0.717) is 12.8 Å². The van der Waals surface area contributed by atoms with Crippen LogP contribution in [0.15, 0.2) is 47.4 Å². The Hall–Kier alpha value is -0.814. The number of ether oxygens (including phenoxy) is 2. The molecule has 0 radical (unpaired) electrons. The van der Waals surface area contributed by atoms with E-state index in [1.165, 1.54) is 38.5 Å². The second-order valence-electron chi connectivity index (χ2n) is 8.65. The summed E-state index contributed by atoms with van der Waals surface area (Å²) in [5, 5.41) is 0. The normalized spacial score (nSPS) is 11.5. The summed E-state index contributed by atoms with van der Waals surface area (Å²) < 4.78 is 44.8. The quantitative estimate of drug-likeness (QED) is 0.0833. The number of benzene rings is 1. The SMILES string of the molecule is CCCCCC/C=C/CCOC(=O)c1ccc(S(=O)(=O)[O-])cc1C(=O)OCC/C=C/CCCCCC.[K+]. The topological polar surface area (TPSA) is 110 Å². The first-order valence-electron chi connectivity index (χ1n) is 13.0. The first-order chi connectivity index (χ1) is 17.3. The number of esters is 2. The van der Waals surface area contributed by atoms with Crippen LogP contribution in [0.25, 0.3) is 0 Å². The van der Waals surface area contributed by atoms with Gasteiger partial charge in [0.2, 0.25) is 0 Å². The summed E-state index contributed by atoms with van der Waals surface area (Å²) in [4.78, 5) is 24.6. The second-order valence-corrected chi connectivity index (χ2v) is 10.0. The molecule has 0 aliphatic carbocycles. The van der Waals surface area contributed by atoms with E-state index in [4.69, 9.17) is 9.47 Å². The number of rotatable bonds is 19. The molecule has 9 heteroatoms. The van der Waals surface area contributed by atoms with Crippen LogP contribution in [-0.2, 0) is 19.6 Å². The monoisotopic (exact) mass is 560 g/mol. The van der Waals surface area contributed by atoms with Crippen molar-refractivity contribution in [2.75, 3.05) is 13.2 Å². The van der Waals surface area contributed by atoms with Crippen LogP contribution in [0.3, 0.4) is 0 Å². The molecule has 0 N–H and O–H groups in total. The summed E-state index contributed by atoms with van der Waals surface area (Å²) in [5.41, 5.74) is -0.436. The summed E-state index contributed by atoms with van der Waals surface area (Å²) in [5.74, 6) is -1.66. The summed E-state index contributed by atoms with van der Waals surface area (Å²) in [6.07, 6.45) is 20.3. The molecule has 0 heterocycles. The van der Waals surface area contributed by atoms with E-state index in [0.717, 1.165) is 43.9 Å². The Morgan fingerprint density at radius 1 is 0.730 bits per heavy atom. The molecule has 0 aromatic heterocycles. The van der Waals surface area contributed by atoms with Crippen LogP contribution in [0.4, 0.5) is 0 Å². The molecule has 1 aromatic carbocycles. The van der Waals surface area contributed by atoms with Crippen molar-refractivity contribution in [2.45, 2.75) is 95.8 Å². The number of carbonyl (C=O) groups excluding carboxylic acids is 2. The standard InChI is InChI=1S/C28H42O7S.K/c1-3-5-7-9-11-13-15-17-21-34-27(29)25-20-19-24(36(31,32)33)23-26(25)28(30)35-22-18-16-14-12-10-8-6-4-2;/h13-16,19-20,23H,3-12,17-18,21-22H2,1-2H3,(H,31,32,33);/q;+1/p-1/b15-13+,16-14+;. The summed E-state index contributed by atoms with van der Waals surface area (Å²) >= 11 is 0. The minimum Gasteiger partial charge on any atom is -0.744 e. The average molecular weight is 561 g/mol. The molecule has 0 amide bonds. The maximum atomic E-state index is 12.6. The van der Waals surface area contributed by atoms with Gasteiger partial charge < -0.3 is 14.0 Å². The van der Waals surface area contributed by atoms with Gasteiger partial charge in [-0.05, 0) is 56.7 Å². The Labute approximate surface area is 265 Å². The van der Waals surface area contributed by atoms with Gasteiger partial charge in [-0.2, -0.15) is 0 Å². The van der Waals surface area contributed by atoms with E-state index in [1.54, 1.807) is 0 Å². The maximum Gasteiger partial charge on any atom is 1.00 e. The first kappa shape index (κ1) is 36.2. The van der Waals surface area contributed by atoms with E-state index < -0.39 is 27.0 Å². The second kappa shape index (κ2) is 22.0. The van der Waals surface area contributed by atoms with Crippen molar-refractivity contribution in [3.8, 4) is 0 Å². The third-order valence-corrected chi connectivity index (χ3v) is 6.37. The summed E-state index contributed by atoms with van der Waals surface area (Å²) in [6, 6.07) is 2.98. The van der Waals surface area contributed by atoms with E-state index in [9.17, 15) is 22.6 Å². The smallest absolute Gasteiger partial charge is 0.744 e. The van der Waals surface area contributed by atoms with E-state index >= 15 is 0 Å². The molecule has 7 nitrogen and oxygen atoms in total. The van der Waals surface area contributed by atoms with Gasteiger partial charge in [0.05, 0.1) is 29.2 Å². The van der Waals surface area contributed by atoms with Crippen molar-refractivity contribution >= 4 is 22.1 Å². The van der Waals surface area contributed by atoms with Gasteiger partial charge >= 0.3 is 63.3 Å². The van der Waals surface area contributed by atoms with E-state index in [-0.39, 0.29) is 75.7 Å². The third-order valence-electron chi connectivity index (χ3n) is 5.54. The van der Waals surface area contributed by atoms with Gasteiger partial charge in [0, 0.05) is 0 Å². The van der Waals surface area contributed by atoms with Crippen molar-refractivity contribution < 1.29 is 83.4 Å². The van der Waals surface area contributed by atoms with Crippen LogP contribution in [0, 0.1) is 0 Å². The van der Waals surface area contributed by atoms with Crippen molar-refractivity contribution in [1.29, 1.82) is 0 Å². The first-order valence-corrected chi connectivity index (χ1v) is 14.5. The Bertz CT molecular complexity index is 955. The zero-order chi connectivity index (χ0) is 26.7. The van der Waals surface area contributed by atoms with Gasteiger partial charge in [0.25, 0.3) is 0 Å². The molecule has 1 aromatic rings. The molecule has 0 unspecified atom stereocenters. The molecule has 0 aliphatic heterocycles. The van der Waals surface area contributed by atoms with Crippen LogP contribution in [0.5, 0.6) is 0 Å². The van der Waals surface area contributed by atoms with Gasteiger partial charge in [-0.1, -0.05) is 76.7 Å². The van der Waals surface area contributed by atoms with Crippen LogP contribution in [0.1, 0.15) is 112 Å². The summed E-state index contributed by atoms with van der Waals surface area (Å²) in [7, 11) is -4.81. The van der Waals surface area contributed by atoms with Gasteiger partial charge in [0.1, 0.15) is 10.1 Å².